The first-order valence-electron chi connectivity index (χ1n) is 11.0. The van der Waals surface area contributed by atoms with E-state index in [0.717, 1.165) is 5.56 Å². The lowest BCUT2D eigenvalue weighted by Crippen LogP contribution is -2.00. The zero-order valence-electron chi connectivity index (χ0n) is 18.5. The van der Waals surface area contributed by atoms with Crippen LogP contribution >= 0.6 is 0 Å². The van der Waals surface area contributed by atoms with Crippen molar-refractivity contribution in [1.29, 1.82) is 0 Å². The Labute approximate surface area is 200 Å². The Morgan fingerprint density at radius 1 is 0.743 bits per heavy atom. The van der Waals surface area contributed by atoms with Crippen molar-refractivity contribution in [3.63, 3.8) is 0 Å². The molecule has 0 spiro atoms. The van der Waals surface area contributed by atoms with Crippen molar-refractivity contribution in [2.24, 2.45) is 0 Å². The summed E-state index contributed by atoms with van der Waals surface area (Å²) in [6.45, 7) is 4.03. The van der Waals surface area contributed by atoms with Crippen molar-refractivity contribution in [1.82, 2.24) is 0 Å². The van der Waals surface area contributed by atoms with E-state index in [1.165, 1.54) is 24.3 Å². The maximum atomic E-state index is 14.7. The van der Waals surface area contributed by atoms with Gasteiger partial charge >= 0.3 is 0 Å². The molecule has 0 saturated carbocycles. The van der Waals surface area contributed by atoms with Crippen LogP contribution in [-0.4, -0.2) is 6.61 Å². The lowest BCUT2D eigenvalue weighted by atomic mass is 10.0. The number of benzene rings is 4. The van der Waals surface area contributed by atoms with Gasteiger partial charge in [-0.15, -0.1) is 0 Å². The molecular weight excluding hydrogens is 456 g/mol. The van der Waals surface area contributed by atoms with Gasteiger partial charge in [0.05, 0.1) is 6.61 Å². The first-order chi connectivity index (χ1) is 17.0. The summed E-state index contributed by atoms with van der Waals surface area (Å²) in [5.74, 6) is -4.14. The van der Waals surface area contributed by atoms with Gasteiger partial charge in [0.15, 0.2) is 23.2 Å². The van der Waals surface area contributed by atoms with Gasteiger partial charge in [-0.2, -0.15) is 4.39 Å². The van der Waals surface area contributed by atoms with E-state index >= 15 is 0 Å². The molecule has 1 aliphatic rings. The zero-order valence-corrected chi connectivity index (χ0v) is 18.5. The van der Waals surface area contributed by atoms with Crippen LogP contribution in [0.15, 0.2) is 79.4 Å². The summed E-state index contributed by atoms with van der Waals surface area (Å²) in [5.41, 5.74) is 3.02. The highest BCUT2D eigenvalue weighted by atomic mass is 19.2. The van der Waals surface area contributed by atoms with E-state index in [0.29, 0.717) is 23.3 Å². The van der Waals surface area contributed by atoms with E-state index < -0.39 is 23.3 Å². The molecule has 1 fully saturated rings. The van der Waals surface area contributed by atoms with Crippen LogP contribution in [0.1, 0.15) is 22.8 Å². The fourth-order valence-corrected chi connectivity index (χ4v) is 3.87. The minimum Gasteiger partial charge on any atom is -0.486 e. The number of rotatable bonds is 7. The lowest BCUT2D eigenvalue weighted by Gasteiger charge is -2.12. The molecule has 5 rings (SSSR count). The lowest BCUT2D eigenvalue weighted by molar-refractivity contribution is 0.285. The highest BCUT2D eigenvalue weighted by Crippen LogP contribution is 2.36. The monoisotopic (exact) mass is 476 g/mol. The Morgan fingerprint density at radius 2 is 1.31 bits per heavy atom. The Morgan fingerprint density at radius 3 is 1.91 bits per heavy atom. The molecular formula is C29H20F4O2. The molecule has 0 amide bonds. The van der Waals surface area contributed by atoms with Crippen LogP contribution < -0.4 is 4.74 Å². The zero-order chi connectivity index (χ0) is 24.5. The molecule has 1 heterocycles. The summed E-state index contributed by atoms with van der Waals surface area (Å²) < 4.78 is 68.7. The van der Waals surface area contributed by atoms with Crippen molar-refractivity contribution in [2.75, 3.05) is 6.61 Å². The van der Waals surface area contributed by atoms with Crippen LogP contribution in [0.3, 0.4) is 0 Å². The van der Waals surface area contributed by atoms with Gasteiger partial charge in [-0.05, 0) is 34.4 Å². The van der Waals surface area contributed by atoms with E-state index in [4.69, 9.17) is 9.47 Å². The van der Waals surface area contributed by atoms with E-state index in [2.05, 4.69) is 6.58 Å². The van der Waals surface area contributed by atoms with Crippen molar-refractivity contribution in [3.8, 4) is 28.0 Å². The Balaban J connectivity index is 1.30. The third kappa shape index (κ3) is 4.57. The maximum Gasteiger partial charge on any atom is 0.201 e. The standard InChI is InChI=1S/C29H20F4O2/c1-2-17-3-7-19(8-4-17)22-13-14-24(29(33)27(22)31)34-15-18-5-9-20(10-6-18)21-11-12-23(25-16-35-25)28(32)26(21)30/h2-14,25H,1,15-16H2. The van der Waals surface area contributed by atoms with E-state index in [9.17, 15) is 17.6 Å². The van der Waals surface area contributed by atoms with E-state index in [1.807, 2.05) is 0 Å². The highest BCUT2D eigenvalue weighted by Gasteiger charge is 2.30. The largest absolute Gasteiger partial charge is 0.486 e. The Bertz CT molecular complexity index is 1390. The van der Waals surface area contributed by atoms with Gasteiger partial charge in [-0.1, -0.05) is 73.3 Å². The molecule has 6 heteroatoms. The summed E-state index contributed by atoms with van der Waals surface area (Å²) in [4.78, 5) is 0. The smallest absolute Gasteiger partial charge is 0.201 e. The fourth-order valence-electron chi connectivity index (χ4n) is 3.87. The van der Waals surface area contributed by atoms with Crippen LogP contribution in [0.4, 0.5) is 17.6 Å². The maximum absolute atomic E-state index is 14.7. The van der Waals surface area contributed by atoms with E-state index in [1.54, 1.807) is 54.6 Å². The van der Waals surface area contributed by atoms with Crippen LogP contribution in [0.2, 0.25) is 0 Å². The molecule has 0 aromatic heterocycles. The van der Waals surface area contributed by atoms with Crippen molar-refractivity contribution < 1.29 is 27.0 Å². The fraction of sp³-hybridized carbons (Fsp3) is 0.103. The predicted octanol–water partition coefficient (Wildman–Crippen LogP) is 7.87. The minimum absolute atomic E-state index is 0.0290. The van der Waals surface area contributed by atoms with Gasteiger partial charge in [0.2, 0.25) is 5.82 Å². The summed E-state index contributed by atoms with van der Waals surface area (Å²) in [6.07, 6.45) is 1.29. The second-order valence-electron chi connectivity index (χ2n) is 8.20. The van der Waals surface area contributed by atoms with Crippen LogP contribution in [0.25, 0.3) is 28.3 Å². The second kappa shape index (κ2) is 9.39. The summed E-state index contributed by atoms with van der Waals surface area (Å²) in [7, 11) is 0. The molecule has 0 aliphatic carbocycles. The molecule has 1 saturated heterocycles. The number of halogens is 4. The molecule has 35 heavy (non-hydrogen) atoms. The van der Waals surface area contributed by atoms with Gasteiger partial charge in [-0.3, -0.25) is 0 Å². The van der Waals surface area contributed by atoms with Crippen molar-refractivity contribution in [2.45, 2.75) is 12.7 Å². The Kier molecular flexibility index (Phi) is 6.14. The molecule has 4 aromatic carbocycles. The summed E-state index contributed by atoms with van der Waals surface area (Å²) in [5, 5.41) is 0. The van der Waals surface area contributed by atoms with Gasteiger partial charge in [0, 0.05) is 16.7 Å². The quantitative estimate of drug-likeness (QED) is 0.200. The average Bonchev–Trinajstić information content (AvgIpc) is 3.72. The predicted molar refractivity (Wildman–Crippen MR) is 127 cm³/mol. The molecule has 0 radical (unpaired) electrons. The average molecular weight is 476 g/mol. The Hall–Kier alpha value is -3.90. The van der Waals surface area contributed by atoms with Crippen molar-refractivity contribution in [3.05, 3.63) is 119 Å². The van der Waals surface area contributed by atoms with Gasteiger partial charge in [0.25, 0.3) is 0 Å². The van der Waals surface area contributed by atoms with Gasteiger partial charge < -0.3 is 9.47 Å². The molecule has 0 bridgehead atoms. The molecule has 4 aromatic rings. The molecule has 1 unspecified atom stereocenters. The first kappa shape index (κ1) is 22.9. The highest BCUT2D eigenvalue weighted by molar-refractivity contribution is 5.67. The van der Waals surface area contributed by atoms with Crippen LogP contribution in [0, 0.1) is 23.3 Å². The van der Waals surface area contributed by atoms with Gasteiger partial charge in [0.1, 0.15) is 12.7 Å². The molecule has 0 N–H and O–H groups in total. The number of hydrogen-bond donors (Lipinski definition) is 0. The molecule has 1 atom stereocenters. The minimum atomic E-state index is -1.08. The van der Waals surface area contributed by atoms with Gasteiger partial charge in [-0.25, -0.2) is 13.2 Å². The van der Waals surface area contributed by atoms with Crippen LogP contribution in [0.5, 0.6) is 5.75 Å². The van der Waals surface area contributed by atoms with Crippen LogP contribution in [-0.2, 0) is 11.3 Å². The van der Waals surface area contributed by atoms with Crippen molar-refractivity contribution >= 4 is 6.08 Å². The molecule has 1 aliphatic heterocycles. The molecule has 2 nitrogen and oxygen atoms in total. The third-order valence-corrected chi connectivity index (χ3v) is 5.96. The topological polar surface area (TPSA) is 21.8 Å². The number of hydrogen-bond acceptors (Lipinski definition) is 2. The third-order valence-electron chi connectivity index (χ3n) is 5.96. The normalized spacial score (nSPS) is 14.6. The number of epoxide rings is 1. The SMILES string of the molecule is C=Cc1ccc(-c2ccc(OCc3ccc(-c4ccc(C5CO5)c(F)c4F)cc3)c(F)c2F)cc1. The number of ether oxygens (including phenoxy) is 2. The van der Waals surface area contributed by atoms with E-state index in [-0.39, 0.29) is 35.2 Å². The summed E-state index contributed by atoms with van der Waals surface area (Å²) in [6, 6.07) is 19.4. The first-order valence-corrected chi connectivity index (χ1v) is 11.0. The second-order valence-corrected chi connectivity index (χ2v) is 8.20. The summed E-state index contributed by atoms with van der Waals surface area (Å²) >= 11 is 0. The molecule has 176 valence electrons.